The van der Waals surface area contributed by atoms with Crippen molar-refractivity contribution in [3.05, 3.63) is 59.2 Å². The lowest BCUT2D eigenvalue weighted by molar-refractivity contribution is -0.140. The van der Waals surface area contributed by atoms with Crippen LogP contribution in [-0.4, -0.2) is 42.5 Å². The first-order chi connectivity index (χ1) is 15.3. The Morgan fingerprint density at radius 1 is 0.969 bits per heavy atom. The van der Waals surface area contributed by atoms with Crippen molar-refractivity contribution in [2.45, 2.75) is 53.1 Å². The quantitative estimate of drug-likeness (QED) is 0.645. The third kappa shape index (κ3) is 6.49. The van der Waals surface area contributed by atoms with E-state index in [2.05, 4.69) is 5.32 Å². The summed E-state index contributed by atoms with van der Waals surface area (Å²) in [6.07, 6.45) is 0.882. The van der Waals surface area contributed by atoms with E-state index in [1.54, 1.807) is 11.8 Å². The van der Waals surface area contributed by atoms with Crippen molar-refractivity contribution in [3.63, 3.8) is 0 Å². The van der Waals surface area contributed by atoms with Crippen LogP contribution in [-0.2, 0) is 22.6 Å². The predicted molar refractivity (Wildman–Crippen MR) is 125 cm³/mol. The van der Waals surface area contributed by atoms with Gasteiger partial charge in [-0.3, -0.25) is 9.59 Å². The number of carbonyl (C=O) groups is 2. The van der Waals surface area contributed by atoms with Gasteiger partial charge >= 0.3 is 0 Å². The van der Waals surface area contributed by atoms with Gasteiger partial charge in [-0.2, -0.15) is 0 Å². The average molecular weight is 439 g/mol. The van der Waals surface area contributed by atoms with Gasteiger partial charge in [-0.25, -0.2) is 0 Å². The molecule has 0 radical (unpaired) electrons. The average Bonchev–Trinajstić information content (AvgIpc) is 2.80. The molecule has 6 heteroatoms. The SMILES string of the molecule is Cc1ccc(CN(C(=O)CCc2ccc3c(c2)OCCO3)C(C)C(=O)NCC(C)C)cc1. The molecule has 2 aromatic carbocycles. The first kappa shape index (κ1) is 23.6. The Morgan fingerprint density at radius 2 is 1.62 bits per heavy atom. The second-order valence-corrected chi connectivity index (χ2v) is 8.80. The molecule has 0 saturated carbocycles. The molecule has 1 atom stereocenters. The zero-order chi connectivity index (χ0) is 23.1. The smallest absolute Gasteiger partial charge is 0.242 e. The lowest BCUT2D eigenvalue weighted by Crippen LogP contribution is -2.48. The maximum atomic E-state index is 13.3. The molecule has 32 heavy (non-hydrogen) atoms. The van der Waals surface area contributed by atoms with E-state index in [0.717, 1.165) is 28.2 Å². The van der Waals surface area contributed by atoms with Gasteiger partial charge in [0.25, 0.3) is 0 Å². The number of benzene rings is 2. The van der Waals surface area contributed by atoms with Crippen molar-refractivity contribution < 1.29 is 19.1 Å². The molecule has 1 unspecified atom stereocenters. The lowest BCUT2D eigenvalue weighted by Gasteiger charge is -2.29. The zero-order valence-electron chi connectivity index (χ0n) is 19.5. The highest BCUT2D eigenvalue weighted by Gasteiger charge is 2.26. The van der Waals surface area contributed by atoms with Crippen LogP contribution in [0.2, 0.25) is 0 Å². The van der Waals surface area contributed by atoms with Crippen molar-refractivity contribution in [2.24, 2.45) is 5.92 Å². The van der Waals surface area contributed by atoms with E-state index >= 15 is 0 Å². The molecule has 1 aliphatic rings. The largest absolute Gasteiger partial charge is 0.486 e. The normalized spacial score (nSPS) is 13.5. The number of carbonyl (C=O) groups excluding carboxylic acids is 2. The summed E-state index contributed by atoms with van der Waals surface area (Å²) in [6, 6.07) is 13.3. The number of nitrogens with zero attached hydrogens (tertiary/aromatic N) is 1. The topological polar surface area (TPSA) is 67.9 Å². The van der Waals surface area contributed by atoms with Crippen LogP contribution in [0.3, 0.4) is 0 Å². The van der Waals surface area contributed by atoms with E-state index in [0.29, 0.717) is 45.1 Å². The maximum Gasteiger partial charge on any atom is 0.242 e. The van der Waals surface area contributed by atoms with Crippen LogP contribution in [0.4, 0.5) is 0 Å². The number of rotatable bonds is 9. The highest BCUT2D eigenvalue weighted by atomic mass is 16.6. The monoisotopic (exact) mass is 438 g/mol. The molecule has 0 fully saturated rings. The fraction of sp³-hybridized carbons (Fsp3) is 0.462. The van der Waals surface area contributed by atoms with Gasteiger partial charge in [0.2, 0.25) is 11.8 Å². The van der Waals surface area contributed by atoms with Gasteiger partial charge < -0.3 is 19.7 Å². The molecule has 1 N–H and O–H groups in total. The van der Waals surface area contributed by atoms with E-state index in [-0.39, 0.29) is 11.8 Å². The van der Waals surface area contributed by atoms with Crippen molar-refractivity contribution in [3.8, 4) is 11.5 Å². The summed E-state index contributed by atoms with van der Waals surface area (Å²) < 4.78 is 11.2. The number of fused-ring (bicyclic) bond motifs is 1. The molecule has 3 rings (SSSR count). The van der Waals surface area contributed by atoms with Gasteiger partial charge in [0.15, 0.2) is 11.5 Å². The molecule has 0 bridgehead atoms. The number of nitrogens with one attached hydrogen (secondary N) is 1. The Hall–Kier alpha value is -3.02. The second kappa shape index (κ2) is 11.0. The molecule has 2 aromatic rings. The van der Waals surface area contributed by atoms with Crippen LogP contribution >= 0.6 is 0 Å². The highest BCUT2D eigenvalue weighted by Crippen LogP contribution is 2.31. The van der Waals surface area contributed by atoms with Gasteiger partial charge in [-0.1, -0.05) is 49.7 Å². The molecule has 0 aromatic heterocycles. The molecule has 1 heterocycles. The van der Waals surface area contributed by atoms with E-state index < -0.39 is 6.04 Å². The summed E-state index contributed by atoms with van der Waals surface area (Å²) in [5.74, 6) is 1.63. The van der Waals surface area contributed by atoms with E-state index in [1.807, 2.05) is 63.2 Å². The minimum Gasteiger partial charge on any atom is -0.486 e. The predicted octanol–water partition coefficient (Wildman–Crippen LogP) is 3.89. The summed E-state index contributed by atoms with van der Waals surface area (Å²) in [6.45, 7) is 10.00. The third-order valence-corrected chi connectivity index (χ3v) is 5.56. The van der Waals surface area contributed by atoms with Crippen molar-refractivity contribution in [1.82, 2.24) is 10.2 Å². The molecule has 172 valence electrons. The Kier molecular flexibility index (Phi) is 8.14. The van der Waals surface area contributed by atoms with Crippen molar-refractivity contribution in [2.75, 3.05) is 19.8 Å². The number of aryl methyl sites for hydroxylation is 2. The Bertz CT molecular complexity index is 924. The summed E-state index contributed by atoms with van der Waals surface area (Å²) in [7, 11) is 0. The van der Waals surface area contributed by atoms with Crippen molar-refractivity contribution in [1.29, 1.82) is 0 Å². The van der Waals surface area contributed by atoms with Gasteiger partial charge in [0.1, 0.15) is 19.3 Å². The van der Waals surface area contributed by atoms with Crippen LogP contribution in [0.15, 0.2) is 42.5 Å². The van der Waals surface area contributed by atoms with Gasteiger partial charge in [-0.05, 0) is 49.4 Å². The lowest BCUT2D eigenvalue weighted by atomic mass is 10.1. The van der Waals surface area contributed by atoms with E-state index in [4.69, 9.17) is 9.47 Å². The Labute approximate surface area is 190 Å². The van der Waals surface area contributed by atoms with Gasteiger partial charge in [0.05, 0.1) is 0 Å². The standard InChI is InChI=1S/C26H34N2O4/c1-18(2)16-27-26(30)20(4)28(17-22-7-5-19(3)6-8-22)25(29)12-10-21-9-11-23-24(15-21)32-14-13-31-23/h5-9,11,15,18,20H,10,12-14,16-17H2,1-4H3,(H,27,30). The van der Waals surface area contributed by atoms with Gasteiger partial charge in [0, 0.05) is 19.5 Å². The molecule has 0 spiro atoms. The second-order valence-electron chi connectivity index (χ2n) is 8.80. The summed E-state index contributed by atoms with van der Waals surface area (Å²) in [5.41, 5.74) is 3.18. The van der Waals surface area contributed by atoms with E-state index in [9.17, 15) is 9.59 Å². The highest BCUT2D eigenvalue weighted by molar-refractivity contribution is 5.87. The summed E-state index contributed by atoms with van der Waals surface area (Å²) in [4.78, 5) is 27.7. The molecular formula is C26H34N2O4. The fourth-order valence-electron chi connectivity index (χ4n) is 3.56. The molecule has 6 nitrogen and oxygen atoms in total. The first-order valence-corrected chi connectivity index (χ1v) is 11.3. The number of ether oxygens (including phenoxy) is 2. The van der Waals surface area contributed by atoms with Crippen molar-refractivity contribution >= 4 is 11.8 Å². The Balaban J connectivity index is 1.70. The molecule has 2 amide bonds. The first-order valence-electron chi connectivity index (χ1n) is 11.3. The summed E-state index contributed by atoms with van der Waals surface area (Å²) in [5, 5.41) is 2.96. The van der Waals surface area contributed by atoms with E-state index in [1.165, 1.54) is 0 Å². The zero-order valence-corrected chi connectivity index (χ0v) is 19.5. The third-order valence-electron chi connectivity index (χ3n) is 5.56. The maximum absolute atomic E-state index is 13.3. The molecular weight excluding hydrogens is 404 g/mol. The molecule has 0 aliphatic carbocycles. The van der Waals surface area contributed by atoms with Crippen LogP contribution in [0.1, 0.15) is 43.9 Å². The summed E-state index contributed by atoms with van der Waals surface area (Å²) >= 11 is 0. The van der Waals surface area contributed by atoms with Crippen LogP contribution in [0.5, 0.6) is 11.5 Å². The van der Waals surface area contributed by atoms with Crippen LogP contribution in [0, 0.1) is 12.8 Å². The number of hydrogen-bond donors (Lipinski definition) is 1. The minimum atomic E-state index is -0.553. The number of hydrogen-bond acceptors (Lipinski definition) is 4. The fourth-order valence-corrected chi connectivity index (χ4v) is 3.56. The minimum absolute atomic E-state index is 0.0485. The van der Waals surface area contributed by atoms with Crippen LogP contribution < -0.4 is 14.8 Å². The Morgan fingerprint density at radius 3 is 2.31 bits per heavy atom. The molecule has 0 saturated heterocycles. The molecule has 1 aliphatic heterocycles. The van der Waals surface area contributed by atoms with Crippen LogP contribution in [0.25, 0.3) is 0 Å². The van der Waals surface area contributed by atoms with Gasteiger partial charge in [-0.15, -0.1) is 0 Å². The number of amides is 2.